The predicted molar refractivity (Wildman–Crippen MR) is 64.0 cm³/mol. The fourth-order valence-electron chi connectivity index (χ4n) is 1.43. The van der Waals surface area contributed by atoms with E-state index in [0.717, 1.165) is 5.56 Å². The van der Waals surface area contributed by atoms with Crippen LogP contribution in [0.3, 0.4) is 0 Å². The van der Waals surface area contributed by atoms with Crippen LogP contribution in [0.4, 0.5) is 0 Å². The molecule has 5 nitrogen and oxygen atoms in total. The Labute approximate surface area is 96.8 Å². The van der Waals surface area contributed by atoms with Gasteiger partial charge in [0.15, 0.2) is 0 Å². The lowest BCUT2D eigenvalue weighted by molar-refractivity contribution is 0.561. The van der Waals surface area contributed by atoms with Crippen molar-refractivity contribution in [1.82, 2.24) is 15.1 Å². The van der Waals surface area contributed by atoms with E-state index < -0.39 is 9.84 Å². The van der Waals surface area contributed by atoms with Crippen LogP contribution in [0.5, 0.6) is 0 Å². The fraction of sp³-hybridized carbons (Fsp3) is 0.700. The van der Waals surface area contributed by atoms with Gasteiger partial charge in [0.1, 0.15) is 9.84 Å². The molecule has 0 fully saturated rings. The third-order valence-electron chi connectivity index (χ3n) is 2.37. The largest absolute Gasteiger partial charge is 0.310 e. The second kappa shape index (κ2) is 5.45. The maximum absolute atomic E-state index is 10.9. The SMILES string of the molecule is CC(NCCCS(C)(=O)=O)c1cnn(C)c1. The van der Waals surface area contributed by atoms with Crippen LogP contribution in [0.25, 0.3) is 0 Å². The molecule has 0 amide bonds. The normalized spacial score (nSPS) is 13.9. The zero-order valence-electron chi connectivity index (χ0n) is 9.97. The Bertz CT molecular complexity index is 425. The van der Waals surface area contributed by atoms with Gasteiger partial charge in [0.2, 0.25) is 0 Å². The highest BCUT2D eigenvalue weighted by Gasteiger charge is 2.07. The van der Waals surface area contributed by atoms with Gasteiger partial charge < -0.3 is 5.32 Å². The van der Waals surface area contributed by atoms with Crippen LogP contribution >= 0.6 is 0 Å². The number of rotatable bonds is 6. The molecular weight excluding hydrogens is 226 g/mol. The number of aromatic nitrogens is 2. The Morgan fingerprint density at radius 1 is 1.56 bits per heavy atom. The summed E-state index contributed by atoms with van der Waals surface area (Å²) in [6.45, 7) is 2.74. The van der Waals surface area contributed by atoms with Crippen molar-refractivity contribution in [3.63, 3.8) is 0 Å². The van der Waals surface area contributed by atoms with E-state index in [-0.39, 0.29) is 11.8 Å². The fourth-order valence-corrected chi connectivity index (χ4v) is 2.10. The molecule has 0 aliphatic carbocycles. The first-order valence-electron chi connectivity index (χ1n) is 5.28. The monoisotopic (exact) mass is 245 g/mol. The summed E-state index contributed by atoms with van der Waals surface area (Å²) in [5.41, 5.74) is 1.11. The molecule has 1 aromatic rings. The summed E-state index contributed by atoms with van der Waals surface area (Å²) in [7, 11) is -0.964. The van der Waals surface area contributed by atoms with Crippen LogP contribution < -0.4 is 5.32 Å². The molecule has 1 N–H and O–H groups in total. The predicted octanol–water partition coefficient (Wildman–Crippen LogP) is 0.505. The summed E-state index contributed by atoms with van der Waals surface area (Å²) >= 11 is 0. The van der Waals surface area contributed by atoms with Crippen molar-refractivity contribution in [3.05, 3.63) is 18.0 Å². The zero-order chi connectivity index (χ0) is 12.2. The van der Waals surface area contributed by atoms with Crippen molar-refractivity contribution in [2.24, 2.45) is 7.05 Å². The summed E-state index contributed by atoms with van der Waals surface area (Å²) in [5, 5.41) is 7.35. The molecule has 1 rings (SSSR count). The molecule has 0 aliphatic rings. The van der Waals surface area contributed by atoms with Crippen molar-refractivity contribution in [3.8, 4) is 0 Å². The van der Waals surface area contributed by atoms with Gasteiger partial charge in [-0.25, -0.2) is 8.42 Å². The molecule has 6 heteroatoms. The maximum atomic E-state index is 10.9. The lowest BCUT2D eigenvalue weighted by Crippen LogP contribution is -2.21. The van der Waals surface area contributed by atoms with Crippen molar-refractivity contribution >= 4 is 9.84 Å². The molecular formula is C10H19N3O2S. The molecule has 1 atom stereocenters. The minimum absolute atomic E-state index is 0.202. The summed E-state index contributed by atoms with van der Waals surface area (Å²) in [5.74, 6) is 0.236. The number of aryl methyl sites for hydroxylation is 1. The van der Waals surface area contributed by atoms with Crippen LogP contribution in [0.1, 0.15) is 24.9 Å². The molecule has 0 aliphatic heterocycles. The van der Waals surface area contributed by atoms with Crippen molar-refractivity contribution in [2.75, 3.05) is 18.6 Å². The topological polar surface area (TPSA) is 64.0 Å². The van der Waals surface area contributed by atoms with Gasteiger partial charge in [0.05, 0.1) is 11.9 Å². The first-order valence-corrected chi connectivity index (χ1v) is 7.34. The first kappa shape index (κ1) is 13.2. The third-order valence-corrected chi connectivity index (χ3v) is 3.40. The molecule has 0 saturated heterocycles. The van der Waals surface area contributed by atoms with Gasteiger partial charge in [-0.3, -0.25) is 4.68 Å². The van der Waals surface area contributed by atoms with Gasteiger partial charge in [-0.15, -0.1) is 0 Å². The minimum atomic E-state index is -2.84. The number of nitrogens with one attached hydrogen (secondary N) is 1. The van der Waals surface area contributed by atoms with E-state index in [1.54, 1.807) is 4.68 Å². The molecule has 1 heterocycles. The number of hydrogen-bond acceptors (Lipinski definition) is 4. The second-order valence-corrected chi connectivity index (χ2v) is 6.37. The average Bonchev–Trinajstić information content (AvgIpc) is 2.57. The van der Waals surface area contributed by atoms with Crippen LogP contribution in [0.15, 0.2) is 12.4 Å². The van der Waals surface area contributed by atoms with Gasteiger partial charge in [-0.2, -0.15) is 5.10 Å². The summed E-state index contributed by atoms with van der Waals surface area (Å²) in [6, 6.07) is 0.202. The van der Waals surface area contributed by atoms with E-state index in [1.165, 1.54) is 6.26 Å². The smallest absolute Gasteiger partial charge is 0.147 e. The quantitative estimate of drug-likeness (QED) is 0.742. The molecule has 92 valence electrons. The Balaban J connectivity index is 2.28. The zero-order valence-corrected chi connectivity index (χ0v) is 10.8. The van der Waals surface area contributed by atoms with E-state index in [2.05, 4.69) is 10.4 Å². The number of hydrogen-bond donors (Lipinski definition) is 1. The molecule has 16 heavy (non-hydrogen) atoms. The van der Waals surface area contributed by atoms with E-state index >= 15 is 0 Å². The first-order chi connectivity index (χ1) is 7.38. The van der Waals surface area contributed by atoms with Crippen LogP contribution in [-0.2, 0) is 16.9 Å². The van der Waals surface area contributed by atoms with E-state index in [9.17, 15) is 8.42 Å². The van der Waals surface area contributed by atoms with Gasteiger partial charge in [0.25, 0.3) is 0 Å². The highest BCUT2D eigenvalue weighted by atomic mass is 32.2. The Kier molecular flexibility index (Phi) is 4.49. The summed E-state index contributed by atoms with van der Waals surface area (Å²) in [4.78, 5) is 0. The average molecular weight is 245 g/mol. The summed E-state index contributed by atoms with van der Waals surface area (Å²) < 4.78 is 23.6. The Morgan fingerprint density at radius 3 is 2.75 bits per heavy atom. The van der Waals surface area contributed by atoms with Gasteiger partial charge in [-0.1, -0.05) is 0 Å². The lowest BCUT2D eigenvalue weighted by Gasteiger charge is -2.11. The van der Waals surface area contributed by atoms with Crippen LogP contribution in [0, 0.1) is 0 Å². The second-order valence-electron chi connectivity index (χ2n) is 4.11. The Morgan fingerprint density at radius 2 is 2.25 bits per heavy atom. The third kappa shape index (κ3) is 4.76. The van der Waals surface area contributed by atoms with E-state index in [1.807, 2.05) is 26.4 Å². The molecule has 0 radical (unpaired) electrons. The highest BCUT2D eigenvalue weighted by Crippen LogP contribution is 2.09. The van der Waals surface area contributed by atoms with E-state index in [4.69, 9.17) is 0 Å². The van der Waals surface area contributed by atoms with Crippen LogP contribution in [-0.4, -0.2) is 36.8 Å². The van der Waals surface area contributed by atoms with Crippen molar-refractivity contribution < 1.29 is 8.42 Å². The number of nitrogens with zero attached hydrogens (tertiary/aromatic N) is 2. The van der Waals surface area contributed by atoms with Crippen molar-refractivity contribution in [1.29, 1.82) is 0 Å². The molecule has 0 bridgehead atoms. The molecule has 0 spiro atoms. The van der Waals surface area contributed by atoms with Crippen LogP contribution in [0.2, 0.25) is 0 Å². The molecule has 1 unspecified atom stereocenters. The lowest BCUT2D eigenvalue weighted by atomic mass is 10.2. The maximum Gasteiger partial charge on any atom is 0.147 e. The van der Waals surface area contributed by atoms with Gasteiger partial charge in [0, 0.05) is 31.1 Å². The molecule has 1 aromatic heterocycles. The minimum Gasteiger partial charge on any atom is -0.310 e. The summed E-state index contributed by atoms with van der Waals surface area (Å²) in [6.07, 6.45) is 5.67. The highest BCUT2D eigenvalue weighted by molar-refractivity contribution is 7.90. The van der Waals surface area contributed by atoms with Gasteiger partial charge in [-0.05, 0) is 19.9 Å². The molecule has 0 saturated carbocycles. The van der Waals surface area contributed by atoms with Crippen molar-refractivity contribution in [2.45, 2.75) is 19.4 Å². The van der Waals surface area contributed by atoms with E-state index in [0.29, 0.717) is 13.0 Å². The molecule has 0 aromatic carbocycles. The number of sulfone groups is 1. The standard InChI is InChI=1S/C10H19N3O2S/c1-9(10-7-12-13(2)8-10)11-5-4-6-16(3,14)15/h7-9,11H,4-6H2,1-3H3. The van der Waals surface area contributed by atoms with Gasteiger partial charge >= 0.3 is 0 Å². The Hall–Kier alpha value is -0.880.